The Balaban J connectivity index is 1.37. The van der Waals surface area contributed by atoms with Crippen LogP contribution in [0.4, 0.5) is 19.7 Å². The number of halogens is 2. The summed E-state index contributed by atoms with van der Waals surface area (Å²) in [4.78, 5) is 49.6. The number of carboxylic acids is 1. The van der Waals surface area contributed by atoms with Crippen LogP contribution in [0.3, 0.4) is 0 Å². The van der Waals surface area contributed by atoms with Crippen LogP contribution in [-0.2, 0) is 27.2 Å². The highest BCUT2D eigenvalue weighted by atomic mass is 32.1. The molecule has 1 saturated carbocycles. The van der Waals surface area contributed by atoms with E-state index >= 15 is 4.39 Å². The second-order valence-electron chi connectivity index (χ2n) is 10.9. The first-order chi connectivity index (χ1) is 20.7. The van der Waals surface area contributed by atoms with Crippen LogP contribution in [0.1, 0.15) is 36.8 Å². The van der Waals surface area contributed by atoms with E-state index in [1.54, 1.807) is 13.2 Å². The number of nitrogens with zero attached hydrogens (tertiary/aromatic N) is 4. The molecular formula is C32H28F2N4O4S. The number of anilines is 2. The predicted molar refractivity (Wildman–Crippen MR) is 159 cm³/mol. The summed E-state index contributed by atoms with van der Waals surface area (Å²) in [6.07, 6.45) is 3.63. The number of carbonyl (C=O) groups excluding carboxylic acids is 2. The van der Waals surface area contributed by atoms with Crippen LogP contribution in [0.15, 0.2) is 60.8 Å². The van der Waals surface area contributed by atoms with Crippen molar-refractivity contribution in [2.45, 2.75) is 44.6 Å². The van der Waals surface area contributed by atoms with Crippen molar-refractivity contribution in [2.24, 2.45) is 5.92 Å². The van der Waals surface area contributed by atoms with E-state index < -0.39 is 28.7 Å². The summed E-state index contributed by atoms with van der Waals surface area (Å²) in [5.41, 5.74) is 2.90. The number of hydrogen-bond donors (Lipinski definition) is 1. The van der Waals surface area contributed by atoms with E-state index in [0.29, 0.717) is 54.0 Å². The molecular weight excluding hydrogens is 574 g/mol. The fourth-order valence-corrected chi connectivity index (χ4v) is 6.39. The molecule has 220 valence electrons. The smallest absolute Gasteiger partial charge is 0.304 e. The summed E-state index contributed by atoms with van der Waals surface area (Å²) in [5, 5.41) is 9.00. The average molecular weight is 603 g/mol. The lowest BCUT2D eigenvalue weighted by molar-refractivity contribution is -0.140. The highest BCUT2D eigenvalue weighted by Gasteiger charge is 2.40. The maximum atomic E-state index is 15.7. The van der Waals surface area contributed by atoms with Gasteiger partial charge in [-0.2, -0.15) is 4.39 Å². The third kappa shape index (κ3) is 5.90. The minimum Gasteiger partial charge on any atom is -0.481 e. The van der Waals surface area contributed by atoms with Crippen LogP contribution < -0.4 is 9.80 Å². The summed E-state index contributed by atoms with van der Waals surface area (Å²) in [5.74, 6) is -2.45. The Morgan fingerprint density at radius 3 is 2.58 bits per heavy atom. The van der Waals surface area contributed by atoms with Crippen LogP contribution in [0.5, 0.6) is 0 Å². The van der Waals surface area contributed by atoms with Gasteiger partial charge < -0.3 is 5.11 Å². The molecule has 4 aromatic rings. The number of amides is 2. The average Bonchev–Trinajstić information content (AvgIpc) is 3.75. The zero-order valence-electron chi connectivity index (χ0n) is 23.3. The van der Waals surface area contributed by atoms with Crippen LogP contribution in [0, 0.1) is 16.9 Å². The van der Waals surface area contributed by atoms with Crippen molar-refractivity contribution in [2.75, 3.05) is 16.8 Å². The maximum Gasteiger partial charge on any atom is 0.304 e. The van der Waals surface area contributed by atoms with Gasteiger partial charge in [-0.05, 0) is 60.6 Å². The van der Waals surface area contributed by atoms with E-state index in [-0.39, 0.29) is 41.2 Å². The molecule has 43 heavy (non-hydrogen) atoms. The highest BCUT2D eigenvalue weighted by Crippen LogP contribution is 2.42. The number of rotatable bonds is 9. The van der Waals surface area contributed by atoms with Gasteiger partial charge >= 0.3 is 5.97 Å². The molecule has 1 fully saturated rings. The number of fused-ring (bicyclic) bond motifs is 1. The number of aromatic nitrogens is 2. The Labute approximate surface area is 250 Å². The van der Waals surface area contributed by atoms with E-state index in [0.717, 1.165) is 11.1 Å². The molecule has 0 unspecified atom stereocenters. The van der Waals surface area contributed by atoms with Crippen LogP contribution in [0.25, 0.3) is 22.4 Å². The van der Waals surface area contributed by atoms with Gasteiger partial charge in [0.05, 0.1) is 12.3 Å². The van der Waals surface area contributed by atoms with Gasteiger partial charge in [0.15, 0.2) is 5.13 Å². The summed E-state index contributed by atoms with van der Waals surface area (Å²) < 4.78 is 30.3. The van der Waals surface area contributed by atoms with E-state index in [1.165, 1.54) is 28.0 Å². The number of hydrogen-bond acceptors (Lipinski definition) is 6. The topological polar surface area (TPSA) is 104 Å². The molecule has 1 atom stereocenters. The second-order valence-corrected chi connectivity index (χ2v) is 11.8. The number of carbonyl (C=O) groups is 3. The van der Waals surface area contributed by atoms with E-state index in [1.807, 2.05) is 36.4 Å². The molecule has 0 radical (unpaired) electrons. The SMILES string of the molecule is CN1C(=O)CCc2cc(-c3ccc(F)cc3-c3nc(N(C(=O)[C@@H](CC(=O)O)Cc4ccccc4)C4CC4)sc3F)cnc21. The molecule has 6 rings (SSSR count). The number of pyridine rings is 1. The van der Waals surface area contributed by atoms with Crippen molar-refractivity contribution in [3.63, 3.8) is 0 Å². The summed E-state index contributed by atoms with van der Waals surface area (Å²) in [6.45, 7) is 0. The summed E-state index contributed by atoms with van der Waals surface area (Å²) >= 11 is 0.687. The number of benzene rings is 2. The van der Waals surface area contributed by atoms with E-state index in [9.17, 15) is 23.9 Å². The molecule has 1 aliphatic heterocycles. The van der Waals surface area contributed by atoms with Gasteiger partial charge in [0.1, 0.15) is 17.3 Å². The normalized spacial score (nSPS) is 15.2. The van der Waals surface area contributed by atoms with Gasteiger partial charge in [0.2, 0.25) is 16.9 Å². The molecule has 2 aliphatic rings. The van der Waals surface area contributed by atoms with Crippen molar-refractivity contribution < 1.29 is 28.3 Å². The Hall–Kier alpha value is -4.51. The van der Waals surface area contributed by atoms with E-state index in [2.05, 4.69) is 9.97 Å². The number of carboxylic acid groups (broad SMARTS) is 1. The quantitative estimate of drug-likeness (QED) is 0.256. The summed E-state index contributed by atoms with van der Waals surface area (Å²) in [6, 6.07) is 14.8. The lowest BCUT2D eigenvalue weighted by Crippen LogP contribution is -2.39. The van der Waals surface area contributed by atoms with Gasteiger partial charge in [-0.15, -0.1) is 0 Å². The van der Waals surface area contributed by atoms with Crippen LogP contribution in [0.2, 0.25) is 0 Å². The first kappa shape index (κ1) is 28.6. The van der Waals surface area contributed by atoms with E-state index in [4.69, 9.17) is 0 Å². The Kier molecular flexibility index (Phi) is 7.74. The fourth-order valence-electron chi connectivity index (χ4n) is 5.50. The first-order valence-electron chi connectivity index (χ1n) is 14.0. The fraction of sp³-hybridized carbons (Fsp3) is 0.281. The molecule has 1 aliphatic carbocycles. The zero-order chi connectivity index (χ0) is 30.2. The minimum absolute atomic E-state index is 0.0311. The first-order valence-corrected chi connectivity index (χ1v) is 14.8. The molecule has 2 aromatic carbocycles. The molecule has 1 N–H and O–H groups in total. The van der Waals surface area contributed by atoms with Crippen molar-refractivity contribution in [1.82, 2.24) is 9.97 Å². The van der Waals surface area contributed by atoms with Gasteiger partial charge in [-0.3, -0.25) is 24.2 Å². The second kappa shape index (κ2) is 11.6. The third-order valence-corrected chi connectivity index (χ3v) is 8.66. The molecule has 8 nitrogen and oxygen atoms in total. The maximum absolute atomic E-state index is 15.7. The molecule has 3 heterocycles. The Morgan fingerprint density at radius 1 is 1.09 bits per heavy atom. The van der Waals surface area contributed by atoms with Crippen molar-refractivity contribution in [3.8, 4) is 22.4 Å². The molecule has 11 heteroatoms. The standard InChI is InChI=1S/C32H28F2N4O4S/c1-37-26(39)12-7-19-14-21(17-35-30(19)37)24-11-8-22(33)16-25(24)28-29(34)43-32(36-28)38(23-9-10-23)31(42)20(15-27(40)41)13-18-5-3-2-4-6-18/h2-6,8,11,14,16-17,20,23H,7,9-10,12-13,15H2,1H3,(H,40,41)/t20-/m1/s1. The number of thiazole rings is 1. The Morgan fingerprint density at radius 2 is 1.86 bits per heavy atom. The predicted octanol–water partition coefficient (Wildman–Crippen LogP) is 5.89. The van der Waals surface area contributed by atoms with Crippen molar-refractivity contribution in [1.29, 1.82) is 0 Å². The Bertz CT molecular complexity index is 1720. The van der Waals surface area contributed by atoms with Gasteiger partial charge in [0, 0.05) is 36.8 Å². The monoisotopic (exact) mass is 602 g/mol. The minimum atomic E-state index is -1.10. The molecule has 0 saturated heterocycles. The lowest BCUT2D eigenvalue weighted by atomic mass is 9.94. The third-order valence-electron chi connectivity index (χ3n) is 7.82. The molecule has 2 amide bonds. The van der Waals surface area contributed by atoms with Gasteiger partial charge in [-0.1, -0.05) is 47.7 Å². The van der Waals surface area contributed by atoms with Crippen LogP contribution in [-0.4, -0.2) is 45.9 Å². The van der Waals surface area contributed by atoms with Gasteiger partial charge in [-0.25, -0.2) is 14.4 Å². The summed E-state index contributed by atoms with van der Waals surface area (Å²) in [7, 11) is 1.66. The number of aliphatic carboxylic acids is 1. The molecule has 0 bridgehead atoms. The number of aryl methyl sites for hydroxylation is 1. The van der Waals surface area contributed by atoms with Crippen LogP contribution >= 0.6 is 11.3 Å². The van der Waals surface area contributed by atoms with Gasteiger partial charge in [0.25, 0.3) is 0 Å². The highest BCUT2D eigenvalue weighted by molar-refractivity contribution is 7.14. The molecule has 2 aromatic heterocycles. The lowest BCUT2D eigenvalue weighted by Gasteiger charge is -2.25. The zero-order valence-corrected chi connectivity index (χ0v) is 24.1. The molecule has 0 spiro atoms. The van der Waals surface area contributed by atoms with Crippen molar-refractivity contribution in [3.05, 3.63) is 82.9 Å². The largest absolute Gasteiger partial charge is 0.481 e. The van der Waals surface area contributed by atoms with Crippen molar-refractivity contribution >= 4 is 40.1 Å².